The van der Waals surface area contributed by atoms with Crippen LogP contribution in [-0.4, -0.2) is 68.9 Å². The third kappa shape index (κ3) is 7.25. The number of anilines is 3. The van der Waals surface area contributed by atoms with Crippen LogP contribution in [0.5, 0.6) is 5.75 Å². The summed E-state index contributed by atoms with van der Waals surface area (Å²) in [5.41, 5.74) is 3.49. The molecule has 47 heavy (non-hydrogen) atoms. The van der Waals surface area contributed by atoms with Crippen molar-refractivity contribution in [1.29, 1.82) is 0 Å². The van der Waals surface area contributed by atoms with Gasteiger partial charge in [0.2, 0.25) is 0 Å². The lowest BCUT2D eigenvalue weighted by Crippen LogP contribution is -2.37. The first kappa shape index (κ1) is 32.4. The van der Waals surface area contributed by atoms with Crippen molar-refractivity contribution in [2.24, 2.45) is 4.99 Å². The van der Waals surface area contributed by atoms with E-state index < -0.39 is 22.0 Å². The molecule has 6 rings (SSSR count). The molecular formula is C34H36FN7O3S2. The Balaban J connectivity index is 1.08. The number of hydrogen-bond donors (Lipinski definition) is 3. The zero-order chi connectivity index (χ0) is 32.9. The Morgan fingerprint density at radius 2 is 2.11 bits per heavy atom. The summed E-state index contributed by atoms with van der Waals surface area (Å²) in [4.78, 5) is 26.5. The van der Waals surface area contributed by atoms with Crippen molar-refractivity contribution in [2.75, 3.05) is 43.5 Å². The summed E-state index contributed by atoms with van der Waals surface area (Å²) >= 11 is 1.55. The molecule has 0 saturated heterocycles. The number of thiazole rings is 1. The molecule has 0 spiro atoms. The Hall–Kier alpha value is -4.51. The maximum atomic E-state index is 14.7. The number of allylic oxidation sites excluding steroid dienone is 1. The van der Waals surface area contributed by atoms with Crippen molar-refractivity contribution in [3.05, 3.63) is 76.1 Å². The van der Waals surface area contributed by atoms with Gasteiger partial charge in [-0.05, 0) is 76.5 Å². The van der Waals surface area contributed by atoms with E-state index in [4.69, 9.17) is 4.74 Å². The number of ether oxygens (including phenoxy) is 1. The first-order valence-electron chi connectivity index (χ1n) is 15.5. The van der Waals surface area contributed by atoms with Gasteiger partial charge in [0.1, 0.15) is 0 Å². The highest BCUT2D eigenvalue weighted by atomic mass is 32.2. The number of aliphatic imine (C=N–C) groups is 1. The lowest BCUT2D eigenvalue weighted by Gasteiger charge is -2.33. The minimum absolute atomic E-state index is 0.148. The Morgan fingerprint density at radius 1 is 1.26 bits per heavy atom. The smallest absolute Gasteiger partial charge is 0.355 e. The Bertz CT molecular complexity index is 1900. The number of para-hydroxylation sites is 1. The summed E-state index contributed by atoms with van der Waals surface area (Å²) in [5.74, 6) is 6.97. The molecule has 2 aromatic heterocycles. The van der Waals surface area contributed by atoms with Crippen LogP contribution in [0.25, 0.3) is 10.2 Å². The van der Waals surface area contributed by atoms with E-state index in [-0.39, 0.29) is 12.4 Å². The minimum Gasteiger partial charge on any atom is -0.491 e. The third-order valence-electron chi connectivity index (χ3n) is 8.04. The monoisotopic (exact) mass is 673 g/mol. The van der Waals surface area contributed by atoms with Gasteiger partial charge in [-0.25, -0.2) is 19.2 Å². The van der Waals surface area contributed by atoms with Crippen LogP contribution in [0.15, 0.2) is 58.6 Å². The zero-order valence-corrected chi connectivity index (χ0v) is 28.2. The number of rotatable bonds is 9. The fourth-order valence-corrected chi connectivity index (χ4v) is 8.09. The van der Waals surface area contributed by atoms with Gasteiger partial charge in [-0.1, -0.05) is 53.1 Å². The number of halogens is 1. The summed E-state index contributed by atoms with van der Waals surface area (Å²) in [7, 11) is 0.248. The number of carboxylic acid groups (broad SMARTS) is 1. The second-order valence-corrected chi connectivity index (χ2v) is 14.3. The molecule has 1 atom stereocenters. The van der Waals surface area contributed by atoms with Gasteiger partial charge in [-0.3, -0.25) is 4.90 Å². The van der Waals surface area contributed by atoms with E-state index in [1.807, 2.05) is 43.1 Å². The van der Waals surface area contributed by atoms with Gasteiger partial charge < -0.3 is 20.1 Å². The summed E-state index contributed by atoms with van der Waals surface area (Å²) in [6.45, 7) is 6.40. The van der Waals surface area contributed by atoms with Crippen molar-refractivity contribution in [3.63, 3.8) is 0 Å². The van der Waals surface area contributed by atoms with E-state index in [9.17, 15) is 14.3 Å². The van der Waals surface area contributed by atoms with Crippen LogP contribution in [-0.2, 0) is 6.42 Å². The van der Waals surface area contributed by atoms with Crippen LogP contribution in [0.2, 0.25) is 0 Å². The topological polar surface area (TPSA) is 116 Å². The summed E-state index contributed by atoms with van der Waals surface area (Å²) in [5, 5.41) is 23.0. The molecule has 0 bridgehead atoms. The van der Waals surface area contributed by atoms with E-state index in [0.717, 1.165) is 50.8 Å². The average molecular weight is 674 g/mol. The number of carbonyl (C=O) groups is 1. The number of nitrogens with zero attached hydrogens (tertiary/aromatic N) is 6. The molecule has 0 fully saturated rings. The number of benzene rings is 2. The second-order valence-electron chi connectivity index (χ2n) is 11.2. The van der Waals surface area contributed by atoms with E-state index in [2.05, 4.69) is 49.2 Å². The molecule has 0 saturated carbocycles. The highest BCUT2D eigenvalue weighted by Crippen LogP contribution is 2.47. The predicted molar refractivity (Wildman–Crippen MR) is 189 cm³/mol. The van der Waals surface area contributed by atoms with Crippen LogP contribution in [0, 0.1) is 24.6 Å². The largest absolute Gasteiger partial charge is 0.491 e. The van der Waals surface area contributed by atoms with Crippen LogP contribution in [0.1, 0.15) is 42.9 Å². The van der Waals surface area contributed by atoms with E-state index in [0.29, 0.717) is 48.3 Å². The molecule has 0 amide bonds. The molecule has 0 radical (unpaired) electrons. The van der Waals surface area contributed by atoms with Crippen LogP contribution in [0.3, 0.4) is 0 Å². The highest BCUT2D eigenvalue weighted by molar-refractivity contribution is 8.44. The number of nitrogens with one attached hydrogen (secondary N) is 1. The Labute approximate surface area is 279 Å². The number of hydrogen-bond acceptors (Lipinski definition) is 10. The van der Waals surface area contributed by atoms with E-state index in [1.165, 1.54) is 6.07 Å². The normalized spacial score (nSPS) is 16.4. The second kappa shape index (κ2) is 14.5. The van der Waals surface area contributed by atoms with Gasteiger partial charge in [0, 0.05) is 34.3 Å². The molecule has 1 unspecified atom stereocenters. The molecule has 2 N–H and O–H groups in total. The predicted octanol–water partition coefficient (Wildman–Crippen LogP) is 7.08. The quantitative estimate of drug-likeness (QED) is 0.0974. The maximum Gasteiger partial charge on any atom is 0.355 e. The van der Waals surface area contributed by atoms with Crippen molar-refractivity contribution in [2.45, 2.75) is 39.5 Å². The Morgan fingerprint density at radius 3 is 2.89 bits per heavy atom. The average Bonchev–Trinajstić information content (AvgIpc) is 3.69. The fraction of sp³-hybridized carbons (Fsp3) is 0.324. The first-order valence-corrected chi connectivity index (χ1v) is 17.6. The van der Waals surface area contributed by atoms with Crippen molar-refractivity contribution in [1.82, 2.24) is 20.1 Å². The summed E-state index contributed by atoms with van der Waals surface area (Å²) in [6.07, 6.45) is 4.28. The van der Waals surface area contributed by atoms with Crippen LogP contribution >= 0.6 is 22.2 Å². The van der Waals surface area contributed by atoms with Gasteiger partial charge in [-0.2, -0.15) is 0 Å². The highest BCUT2D eigenvalue weighted by Gasteiger charge is 2.35. The van der Waals surface area contributed by atoms with Crippen LogP contribution in [0.4, 0.5) is 26.0 Å². The Kier molecular flexibility index (Phi) is 10.0. The lowest BCUT2D eigenvalue weighted by atomic mass is 10.0. The van der Waals surface area contributed by atoms with Crippen molar-refractivity contribution in [3.8, 4) is 17.6 Å². The third-order valence-corrected chi connectivity index (χ3v) is 11.0. The molecule has 0 aliphatic carbocycles. The summed E-state index contributed by atoms with van der Waals surface area (Å²) < 4.78 is 21.4. The molecule has 2 aromatic carbocycles. The fourth-order valence-electron chi connectivity index (χ4n) is 5.39. The minimum atomic E-state index is -1.73. The molecule has 10 nitrogen and oxygen atoms in total. The SMILES string of the molecule is CCN(C)CC#Cc1ccc(OCCCC2=CN=C(N3CCCc4c3nnc(Nc3nc5ccccc5s3)c4C)[SH]2C(=O)O)c(F)c1. The molecule has 2 aliphatic heterocycles. The van der Waals surface area contributed by atoms with Gasteiger partial charge in [-0.15, -0.1) is 10.2 Å². The lowest BCUT2D eigenvalue weighted by molar-refractivity contribution is 0.222. The molecular weight excluding hydrogens is 638 g/mol. The summed E-state index contributed by atoms with van der Waals surface area (Å²) in [6, 6.07) is 12.6. The maximum absolute atomic E-state index is 14.7. The van der Waals surface area contributed by atoms with E-state index in [1.54, 1.807) is 29.7 Å². The van der Waals surface area contributed by atoms with Gasteiger partial charge in [0.05, 0.1) is 23.4 Å². The first-order chi connectivity index (χ1) is 22.8. The van der Waals surface area contributed by atoms with Gasteiger partial charge in [0.25, 0.3) is 0 Å². The number of amidine groups is 1. The zero-order valence-electron chi connectivity index (χ0n) is 26.5. The van der Waals surface area contributed by atoms with Crippen LogP contribution < -0.4 is 15.0 Å². The number of fused-ring (bicyclic) bond motifs is 2. The molecule has 13 heteroatoms. The molecule has 244 valence electrons. The molecule has 2 aliphatic rings. The number of thiol groups is 1. The molecule has 4 aromatic rings. The molecule has 4 heterocycles. The standard InChI is InChI=1S/C34H36FN7O3S2/c1-4-41(3)17-7-10-23-15-16-28(26(35)20-23)45-19-9-11-24-21-36-33(47(24)34(43)44)42-18-8-12-25-22(2)30(39-40-31(25)42)38-32-37-27-13-5-6-14-29(27)46-32/h5-6,13-16,20-21,47H,4,8-9,11-12,17-19H2,1-3H3,(H,43,44)(H,37,38,39). The van der Waals surface area contributed by atoms with Crippen molar-refractivity contribution < 1.29 is 19.0 Å². The van der Waals surface area contributed by atoms with E-state index >= 15 is 0 Å². The van der Waals surface area contributed by atoms with Gasteiger partial charge in [0.15, 0.2) is 33.5 Å². The number of aromatic nitrogens is 3. The van der Waals surface area contributed by atoms with Crippen molar-refractivity contribution >= 4 is 59.7 Å². The van der Waals surface area contributed by atoms with Gasteiger partial charge >= 0.3 is 5.30 Å².